The average molecular weight is 357 g/mol. The van der Waals surface area contributed by atoms with Crippen molar-refractivity contribution < 1.29 is 4.79 Å². The van der Waals surface area contributed by atoms with Crippen molar-refractivity contribution in [3.05, 3.63) is 34.2 Å². The molecule has 2 aliphatic heterocycles. The van der Waals surface area contributed by atoms with Crippen LogP contribution in [0.5, 0.6) is 0 Å². The van der Waals surface area contributed by atoms with Gasteiger partial charge in [0.2, 0.25) is 11.9 Å². The molecule has 2 N–H and O–H groups in total. The van der Waals surface area contributed by atoms with Crippen LogP contribution in [-0.2, 0) is 11.3 Å². The molecule has 0 spiro atoms. The van der Waals surface area contributed by atoms with Crippen LogP contribution in [0.4, 0.5) is 5.95 Å². The first kappa shape index (κ1) is 16.7. The fourth-order valence-electron chi connectivity index (χ4n) is 4.46. The number of carbonyl (C=O) groups is 1. The van der Waals surface area contributed by atoms with Gasteiger partial charge < -0.3 is 15.2 Å². The van der Waals surface area contributed by atoms with Crippen molar-refractivity contribution in [1.82, 2.24) is 29.7 Å². The van der Waals surface area contributed by atoms with E-state index in [1.807, 2.05) is 21.6 Å². The van der Waals surface area contributed by atoms with E-state index in [-0.39, 0.29) is 41.8 Å². The van der Waals surface area contributed by atoms with Gasteiger partial charge in [-0.2, -0.15) is 0 Å². The topological polar surface area (TPSA) is 112 Å². The number of nitrogens with zero attached hydrogens (tertiary/aromatic N) is 6. The van der Waals surface area contributed by atoms with E-state index in [0.29, 0.717) is 13.1 Å². The third kappa shape index (κ3) is 2.77. The van der Waals surface area contributed by atoms with Crippen molar-refractivity contribution in [2.24, 2.45) is 5.92 Å². The number of rotatable bonds is 4. The van der Waals surface area contributed by atoms with Gasteiger partial charge in [0.05, 0.1) is 0 Å². The van der Waals surface area contributed by atoms with E-state index < -0.39 is 0 Å². The van der Waals surface area contributed by atoms with Crippen LogP contribution in [0.1, 0.15) is 43.8 Å². The van der Waals surface area contributed by atoms with Crippen molar-refractivity contribution >= 4 is 11.9 Å². The molecule has 0 unspecified atom stereocenters. The van der Waals surface area contributed by atoms with Crippen LogP contribution < -0.4 is 11.3 Å². The van der Waals surface area contributed by atoms with Gasteiger partial charge in [-0.3, -0.25) is 9.59 Å². The molecule has 0 aromatic carbocycles. The number of nitrogens with two attached hydrogens (primary N) is 1. The summed E-state index contributed by atoms with van der Waals surface area (Å²) in [4.78, 5) is 27.1. The van der Waals surface area contributed by atoms with Crippen LogP contribution in [-0.4, -0.2) is 48.7 Å². The summed E-state index contributed by atoms with van der Waals surface area (Å²) in [6.07, 6.45) is 2.96. The molecule has 1 saturated heterocycles. The Hall–Kier alpha value is -2.71. The van der Waals surface area contributed by atoms with Crippen LogP contribution in [0, 0.1) is 5.92 Å². The Morgan fingerprint density at radius 3 is 2.92 bits per heavy atom. The van der Waals surface area contributed by atoms with Crippen molar-refractivity contribution in [2.75, 3.05) is 18.8 Å². The second-order valence-corrected chi connectivity index (χ2v) is 7.20. The fraction of sp³-hybridized carbons (Fsp3) is 0.588. The molecule has 1 fully saturated rings. The predicted molar refractivity (Wildman–Crippen MR) is 94.3 cm³/mol. The van der Waals surface area contributed by atoms with E-state index in [2.05, 4.69) is 22.4 Å². The number of tetrazole rings is 1. The summed E-state index contributed by atoms with van der Waals surface area (Å²) < 4.78 is 3.29. The maximum absolute atomic E-state index is 12.8. The number of hydrogen-bond donors (Lipinski definition) is 1. The number of amides is 1. The van der Waals surface area contributed by atoms with Gasteiger partial charge >= 0.3 is 0 Å². The van der Waals surface area contributed by atoms with Gasteiger partial charge in [-0.25, -0.2) is 4.68 Å². The Kier molecular flexibility index (Phi) is 4.21. The molecule has 1 amide bonds. The molecule has 9 nitrogen and oxygen atoms in total. The second kappa shape index (κ2) is 6.54. The van der Waals surface area contributed by atoms with Crippen molar-refractivity contribution in [2.45, 2.75) is 44.7 Å². The van der Waals surface area contributed by atoms with E-state index >= 15 is 0 Å². The molecule has 2 bridgehead atoms. The highest BCUT2D eigenvalue weighted by atomic mass is 16.2. The Morgan fingerprint density at radius 2 is 2.19 bits per heavy atom. The van der Waals surface area contributed by atoms with Gasteiger partial charge in [0.15, 0.2) is 0 Å². The van der Waals surface area contributed by atoms with Gasteiger partial charge in [0, 0.05) is 36.8 Å². The number of fused-ring (bicyclic) bond motifs is 4. The summed E-state index contributed by atoms with van der Waals surface area (Å²) in [6, 6.07) is 5.63. The highest BCUT2D eigenvalue weighted by Gasteiger charge is 2.41. The Morgan fingerprint density at radius 1 is 1.35 bits per heavy atom. The number of nitrogen functional groups attached to an aromatic ring is 1. The number of aromatic nitrogens is 5. The molecule has 0 saturated carbocycles. The van der Waals surface area contributed by atoms with Gasteiger partial charge in [0.1, 0.15) is 6.54 Å². The van der Waals surface area contributed by atoms with Crippen molar-refractivity contribution in [3.63, 3.8) is 0 Å². The van der Waals surface area contributed by atoms with Crippen LogP contribution in [0.15, 0.2) is 23.0 Å². The number of piperidine rings is 1. The number of carbonyl (C=O) groups excluding carboxylic acids is 1. The molecule has 138 valence electrons. The predicted octanol–water partition coefficient (Wildman–Crippen LogP) is 0.404. The molecule has 2 aromatic rings. The van der Waals surface area contributed by atoms with Gasteiger partial charge in [-0.05, 0) is 35.3 Å². The van der Waals surface area contributed by atoms with Crippen LogP contribution >= 0.6 is 0 Å². The van der Waals surface area contributed by atoms with Gasteiger partial charge in [-0.1, -0.05) is 24.5 Å². The van der Waals surface area contributed by atoms with Crippen LogP contribution in [0.2, 0.25) is 0 Å². The normalized spacial score (nSPS) is 24.3. The molecule has 0 radical (unpaired) electrons. The zero-order valence-electron chi connectivity index (χ0n) is 14.8. The van der Waals surface area contributed by atoms with Crippen LogP contribution in [0.25, 0.3) is 0 Å². The smallest absolute Gasteiger partial charge is 0.250 e. The molecule has 9 heteroatoms. The lowest BCUT2D eigenvalue weighted by Gasteiger charge is -2.47. The lowest BCUT2D eigenvalue weighted by atomic mass is 9.77. The Balaban J connectivity index is 1.62. The van der Waals surface area contributed by atoms with E-state index in [0.717, 1.165) is 25.0 Å². The first-order valence-electron chi connectivity index (χ1n) is 9.09. The Labute approximate surface area is 150 Å². The molecule has 2 aromatic heterocycles. The Bertz CT molecular complexity index is 874. The minimum Gasteiger partial charge on any atom is -0.367 e. The van der Waals surface area contributed by atoms with Gasteiger partial charge in [-0.15, -0.1) is 0 Å². The monoisotopic (exact) mass is 357 g/mol. The first-order valence-corrected chi connectivity index (χ1v) is 9.09. The minimum atomic E-state index is -0.0410. The molecular weight excluding hydrogens is 334 g/mol. The zero-order chi connectivity index (χ0) is 18.3. The third-order valence-electron chi connectivity index (χ3n) is 5.58. The molecule has 3 atom stereocenters. The molecular formula is C17H23N7O2. The van der Waals surface area contributed by atoms with E-state index in [4.69, 9.17) is 5.73 Å². The number of hydrogen-bond acceptors (Lipinski definition) is 6. The molecule has 4 rings (SSSR count). The number of pyridine rings is 1. The van der Waals surface area contributed by atoms with Gasteiger partial charge in [0.25, 0.3) is 5.56 Å². The fourth-order valence-corrected chi connectivity index (χ4v) is 4.46. The number of likely N-dealkylation sites (tertiary alicyclic amines) is 1. The highest BCUT2D eigenvalue weighted by molar-refractivity contribution is 5.76. The molecule has 0 aliphatic carbocycles. The maximum atomic E-state index is 12.8. The van der Waals surface area contributed by atoms with E-state index in [1.165, 1.54) is 4.68 Å². The standard InChI is InChI=1S/C17H23N7O2/c1-2-4-13-11-7-12(14-5-3-6-15(25)24(13)14)9-22(8-11)16(26)10-23-17(18)19-20-21-23/h3,5-6,11-13H,2,4,7-10H2,1H3,(H2,18,19,21)/t11-,12+,13-/m0/s1. The van der Waals surface area contributed by atoms with Crippen LogP contribution in [0.3, 0.4) is 0 Å². The number of anilines is 1. The first-order chi connectivity index (χ1) is 12.6. The lowest BCUT2D eigenvalue weighted by Crippen LogP contribution is -2.51. The lowest BCUT2D eigenvalue weighted by molar-refractivity contribution is -0.135. The summed E-state index contributed by atoms with van der Waals surface area (Å²) in [5.41, 5.74) is 6.78. The van der Waals surface area contributed by atoms with Crippen molar-refractivity contribution in [1.29, 1.82) is 0 Å². The minimum absolute atomic E-state index is 0.0400. The summed E-state index contributed by atoms with van der Waals surface area (Å²) in [5.74, 6) is 0.569. The molecule has 26 heavy (non-hydrogen) atoms. The zero-order valence-corrected chi connectivity index (χ0v) is 14.8. The van der Waals surface area contributed by atoms with E-state index in [1.54, 1.807) is 6.07 Å². The van der Waals surface area contributed by atoms with E-state index in [9.17, 15) is 9.59 Å². The quantitative estimate of drug-likeness (QED) is 0.848. The van der Waals surface area contributed by atoms with Crippen molar-refractivity contribution in [3.8, 4) is 0 Å². The summed E-state index contributed by atoms with van der Waals surface area (Å²) in [5, 5.41) is 10.9. The largest absolute Gasteiger partial charge is 0.367 e. The molecule has 2 aliphatic rings. The summed E-state index contributed by atoms with van der Waals surface area (Å²) in [7, 11) is 0. The summed E-state index contributed by atoms with van der Waals surface area (Å²) >= 11 is 0. The maximum Gasteiger partial charge on any atom is 0.250 e. The highest BCUT2D eigenvalue weighted by Crippen LogP contribution is 2.42. The second-order valence-electron chi connectivity index (χ2n) is 7.20. The third-order valence-corrected chi connectivity index (χ3v) is 5.58. The molecule has 4 heterocycles. The SMILES string of the molecule is CCC[C@H]1[C@H]2C[C@H](CN(C(=O)Cn3nnnc3N)C2)c2cccc(=O)n21. The average Bonchev–Trinajstić information content (AvgIpc) is 3.03. The summed E-state index contributed by atoms with van der Waals surface area (Å²) in [6.45, 7) is 3.44.